The molecule has 1 aliphatic carbocycles. The number of aromatic nitrogens is 1. The smallest absolute Gasteiger partial charge is 0.251 e. The lowest BCUT2D eigenvalue weighted by atomic mass is 9.75. The van der Waals surface area contributed by atoms with Crippen LogP contribution in [0.25, 0.3) is 0 Å². The van der Waals surface area contributed by atoms with E-state index in [4.69, 9.17) is 17.4 Å². The molecule has 1 aromatic heterocycles. The van der Waals surface area contributed by atoms with Crippen LogP contribution in [0.4, 0.5) is 5.82 Å². The van der Waals surface area contributed by atoms with Crippen molar-refractivity contribution in [3.05, 3.63) is 22.8 Å². The molecule has 0 radical (unpaired) electrons. The van der Waals surface area contributed by atoms with Crippen molar-refractivity contribution in [3.8, 4) is 0 Å². The summed E-state index contributed by atoms with van der Waals surface area (Å²) in [4.78, 5) is 16.2. The molecule has 1 aliphatic rings. The van der Waals surface area contributed by atoms with Gasteiger partial charge in [0.1, 0.15) is 11.0 Å². The quantitative estimate of drug-likeness (QED) is 0.455. The summed E-state index contributed by atoms with van der Waals surface area (Å²) in [5.74, 6) is 5.55. The standard InChI is InChI=1S/C14H21ClN4O/c1-14(2)5-3-10(4-6-14)17-13(20)9-7-11(15)18-12(8-9)19-16/h7-8,10H,3-6,16H2,1-2H3,(H,17,20)(H,18,19). The van der Waals surface area contributed by atoms with Gasteiger partial charge in [0.25, 0.3) is 5.91 Å². The molecule has 20 heavy (non-hydrogen) atoms. The molecule has 1 fully saturated rings. The number of nitrogens with zero attached hydrogens (tertiary/aromatic N) is 1. The van der Waals surface area contributed by atoms with Crippen LogP contribution in [0.3, 0.4) is 0 Å². The van der Waals surface area contributed by atoms with E-state index in [-0.39, 0.29) is 17.1 Å². The zero-order valence-corrected chi connectivity index (χ0v) is 12.6. The van der Waals surface area contributed by atoms with Gasteiger partial charge in [0.15, 0.2) is 0 Å². The van der Waals surface area contributed by atoms with E-state index in [9.17, 15) is 4.79 Å². The number of nitrogen functional groups attached to an aromatic ring is 1. The lowest BCUT2D eigenvalue weighted by Crippen LogP contribution is -2.39. The third kappa shape index (κ3) is 3.84. The Morgan fingerprint density at radius 3 is 2.65 bits per heavy atom. The maximum absolute atomic E-state index is 12.2. The van der Waals surface area contributed by atoms with Gasteiger partial charge in [0, 0.05) is 11.6 Å². The van der Waals surface area contributed by atoms with Gasteiger partial charge in [0.2, 0.25) is 0 Å². The molecular weight excluding hydrogens is 276 g/mol. The minimum absolute atomic E-state index is 0.129. The molecule has 2 rings (SSSR count). The molecule has 1 saturated carbocycles. The number of hydrogen-bond donors (Lipinski definition) is 3. The first-order valence-electron chi connectivity index (χ1n) is 6.85. The Hall–Kier alpha value is -1.33. The number of rotatable bonds is 3. The molecule has 1 amide bonds. The molecule has 0 unspecified atom stereocenters. The first kappa shape index (κ1) is 15.1. The van der Waals surface area contributed by atoms with E-state index in [0.717, 1.165) is 25.7 Å². The Morgan fingerprint density at radius 2 is 2.05 bits per heavy atom. The van der Waals surface area contributed by atoms with Crippen LogP contribution in [0.5, 0.6) is 0 Å². The number of pyridine rings is 1. The number of halogens is 1. The molecule has 0 atom stereocenters. The Kier molecular flexibility index (Phi) is 4.50. The summed E-state index contributed by atoms with van der Waals surface area (Å²) < 4.78 is 0. The van der Waals surface area contributed by atoms with Crippen molar-refractivity contribution in [1.82, 2.24) is 10.3 Å². The first-order valence-corrected chi connectivity index (χ1v) is 7.22. The van der Waals surface area contributed by atoms with E-state index in [2.05, 4.69) is 29.6 Å². The summed E-state index contributed by atoms with van der Waals surface area (Å²) >= 11 is 5.87. The fraction of sp³-hybridized carbons (Fsp3) is 0.571. The number of hydrazine groups is 1. The SMILES string of the molecule is CC1(C)CCC(NC(=O)c2cc(Cl)nc(NN)c2)CC1. The molecule has 1 aromatic rings. The van der Waals surface area contributed by atoms with E-state index < -0.39 is 0 Å². The molecule has 0 saturated heterocycles. The second-order valence-electron chi connectivity index (χ2n) is 6.12. The van der Waals surface area contributed by atoms with Crippen LogP contribution in [0.15, 0.2) is 12.1 Å². The first-order chi connectivity index (χ1) is 9.39. The predicted octanol–water partition coefficient (Wildman–Crippen LogP) is 2.72. The van der Waals surface area contributed by atoms with Crippen molar-refractivity contribution in [2.24, 2.45) is 11.3 Å². The van der Waals surface area contributed by atoms with Gasteiger partial charge in [-0.05, 0) is 43.2 Å². The van der Waals surface area contributed by atoms with E-state index in [1.54, 1.807) is 12.1 Å². The Bertz CT molecular complexity index is 494. The van der Waals surface area contributed by atoms with Crippen molar-refractivity contribution < 1.29 is 4.79 Å². The molecule has 110 valence electrons. The number of nitrogens with two attached hydrogens (primary N) is 1. The lowest BCUT2D eigenvalue weighted by Gasteiger charge is -2.34. The number of carbonyl (C=O) groups excluding carboxylic acids is 1. The fourth-order valence-electron chi connectivity index (χ4n) is 2.51. The van der Waals surface area contributed by atoms with Crippen molar-refractivity contribution in [1.29, 1.82) is 0 Å². The van der Waals surface area contributed by atoms with Crippen LogP contribution in [-0.2, 0) is 0 Å². The topological polar surface area (TPSA) is 80.0 Å². The van der Waals surface area contributed by atoms with E-state index in [0.29, 0.717) is 16.8 Å². The van der Waals surface area contributed by atoms with Gasteiger partial charge in [-0.15, -0.1) is 0 Å². The molecule has 4 N–H and O–H groups in total. The van der Waals surface area contributed by atoms with E-state index in [1.165, 1.54) is 0 Å². The monoisotopic (exact) mass is 296 g/mol. The van der Waals surface area contributed by atoms with Gasteiger partial charge in [0.05, 0.1) is 0 Å². The second-order valence-corrected chi connectivity index (χ2v) is 6.51. The van der Waals surface area contributed by atoms with Crippen molar-refractivity contribution in [3.63, 3.8) is 0 Å². The Morgan fingerprint density at radius 1 is 1.40 bits per heavy atom. The van der Waals surface area contributed by atoms with Gasteiger partial charge in [-0.2, -0.15) is 0 Å². The summed E-state index contributed by atoms with van der Waals surface area (Å²) in [6, 6.07) is 3.37. The normalized spacial score (nSPS) is 18.6. The highest BCUT2D eigenvalue weighted by atomic mass is 35.5. The van der Waals surface area contributed by atoms with Crippen LogP contribution < -0.4 is 16.6 Å². The number of nitrogens with one attached hydrogen (secondary N) is 2. The molecule has 1 heterocycles. The van der Waals surface area contributed by atoms with Gasteiger partial charge in [-0.1, -0.05) is 25.4 Å². The average molecular weight is 297 g/mol. The summed E-state index contributed by atoms with van der Waals surface area (Å²) in [7, 11) is 0. The van der Waals surface area contributed by atoms with Gasteiger partial charge < -0.3 is 10.7 Å². The number of hydrogen-bond acceptors (Lipinski definition) is 4. The maximum Gasteiger partial charge on any atom is 0.251 e. The zero-order valence-electron chi connectivity index (χ0n) is 11.9. The Balaban J connectivity index is 2.00. The minimum atomic E-state index is -0.129. The fourth-order valence-corrected chi connectivity index (χ4v) is 2.72. The van der Waals surface area contributed by atoms with Gasteiger partial charge in [-0.3, -0.25) is 4.79 Å². The molecular formula is C14H21ClN4O. The maximum atomic E-state index is 12.2. The highest BCUT2D eigenvalue weighted by Crippen LogP contribution is 2.35. The molecule has 5 nitrogen and oxygen atoms in total. The van der Waals surface area contributed by atoms with E-state index >= 15 is 0 Å². The van der Waals surface area contributed by atoms with Crippen LogP contribution in [0, 0.1) is 5.41 Å². The average Bonchev–Trinajstić information content (AvgIpc) is 2.40. The summed E-state index contributed by atoms with van der Waals surface area (Å²) in [5, 5.41) is 3.30. The summed E-state index contributed by atoms with van der Waals surface area (Å²) in [6.07, 6.45) is 4.29. The Labute approximate surface area is 124 Å². The van der Waals surface area contributed by atoms with Crippen LogP contribution in [0.1, 0.15) is 49.9 Å². The van der Waals surface area contributed by atoms with Crippen molar-refractivity contribution >= 4 is 23.3 Å². The second kappa shape index (κ2) is 5.97. The van der Waals surface area contributed by atoms with E-state index in [1.807, 2.05) is 0 Å². The molecule has 6 heteroatoms. The molecule has 0 aliphatic heterocycles. The van der Waals surface area contributed by atoms with Crippen LogP contribution in [0.2, 0.25) is 5.15 Å². The molecule has 0 aromatic carbocycles. The zero-order chi connectivity index (χ0) is 14.8. The summed E-state index contributed by atoms with van der Waals surface area (Å²) in [5.41, 5.74) is 3.26. The van der Waals surface area contributed by atoms with Crippen LogP contribution >= 0.6 is 11.6 Å². The highest BCUT2D eigenvalue weighted by molar-refractivity contribution is 6.29. The van der Waals surface area contributed by atoms with Crippen molar-refractivity contribution in [2.45, 2.75) is 45.6 Å². The largest absolute Gasteiger partial charge is 0.349 e. The highest BCUT2D eigenvalue weighted by Gasteiger charge is 2.27. The van der Waals surface area contributed by atoms with Gasteiger partial charge >= 0.3 is 0 Å². The number of anilines is 1. The lowest BCUT2D eigenvalue weighted by molar-refractivity contribution is 0.0909. The number of amides is 1. The van der Waals surface area contributed by atoms with Gasteiger partial charge in [-0.25, -0.2) is 10.8 Å². The summed E-state index contributed by atoms with van der Waals surface area (Å²) in [6.45, 7) is 4.54. The predicted molar refractivity (Wildman–Crippen MR) is 80.6 cm³/mol. The molecule has 0 spiro atoms. The number of carbonyl (C=O) groups is 1. The molecule has 0 bridgehead atoms. The third-order valence-electron chi connectivity index (χ3n) is 3.88. The third-order valence-corrected chi connectivity index (χ3v) is 4.07. The van der Waals surface area contributed by atoms with Crippen LogP contribution in [-0.4, -0.2) is 16.9 Å². The van der Waals surface area contributed by atoms with Crippen molar-refractivity contribution in [2.75, 3.05) is 5.43 Å². The minimum Gasteiger partial charge on any atom is -0.349 e.